The summed E-state index contributed by atoms with van der Waals surface area (Å²) in [5, 5.41) is 0. The van der Waals surface area contributed by atoms with E-state index in [0.29, 0.717) is 0 Å². The minimum absolute atomic E-state index is 0.168. The van der Waals surface area contributed by atoms with Crippen LogP contribution in [-0.4, -0.2) is 5.97 Å². The average Bonchev–Trinajstić information content (AvgIpc) is 2.14. The molecule has 0 aromatic heterocycles. The zero-order valence-corrected chi connectivity index (χ0v) is 7.12. The second-order valence-electron chi connectivity index (χ2n) is 2.35. The van der Waals surface area contributed by atoms with Gasteiger partial charge in [0, 0.05) is 12.5 Å². The number of rotatable bonds is 3. The van der Waals surface area contributed by atoms with E-state index in [2.05, 4.69) is 9.78 Å². The summed E-state index contributed by atoms with van der Waals surface area (Å²) in [6.45, 7) is 1.64. The molecule has 0 fully saturated rings. The van der Waals surface area contributed by atoms with Crippen molar-refractivity contribution in [3.63, 3.8) is 0 Å². The lowest BCUT2D eigenvalue weighted by Gasteiger charge is -2.02. The van der Waals surface area contributed by atoms with Crippen molar-refractivity contribution in [2.24, 2.45) is 0 Å². The minimum Gasteiger partial charge on any atom is -0.287 e. The Labute approximate surface area is 75.0 Å². The first-order valence-electron chi connectivity index (χ1n) is 3.85. The molecule has 0 radical (unpaired) electrons. The molecule has 0 saturated heterocycles. The first kappa shape index (κ1) is 9.51. The van der Waals surface area contributed by atoms with Crippen LogP contribution in [-0.2, 0) is 9.68 Å². The van der Waals surface area contributed by atoms with E-state index in [1.165, 1.54) is 18.2 Å². The van der Waals surface area contributed by atoms with E-state index in [1.54, 1.807) is 6.92 Å². The van der Waals surface area contributed by atoms with E-state index in [0.717, 1.165) is 6.07 Å². The number of hydrogen-bond donors (Lipinski definition) is 0. The topological polar surface area (TPSA) is 35.5 Å². The van der Waals surface area contributed by atoms with E-state index in [1.807, 2.05) is 0 Å². The summed E-state index contributed by atoms with van der Waals surface area (Å²) >= 11 is 0. The van der Waals surface area contributed by atoms with Gasteiger partial charge in [0.1, 0.15) is 5.82 Å². The van der Waals surface area contributed by atoms with Crippen LogP contribution < -0.4 is 4.89 Å². The molecule has 70 valence electrons. The first-order chi connectivity index (χ1) is 6.22. The summed E-state index contributed by atoms with van der Waals surface area (Å²) in [5.74, 6) is -0.767. The van der Waals surface area contributed by atoms with Crippen molar-refractivity contribution >= 4 is 5.97 Å². The smallest absolute Gasteiger partial charge is 0.287 e. The Morgan fingerprint density at radius 1 is 1.54 bits per heavy atom. The van der Waals surface area contributed by atoms with Crippen molar-refractivity contribution in [3.05, 3.63) is 30.1 Å². The van der Waals surface area contributed by atoms with Crippen molar-refractivity contribution in [3.8, 4) is 5.75 Å². The fraction of sp³-hybridized carbons (Fsp3) is 0.222. The highest BCUT2D eigenvalue weighted by Crippen LogP contribution is 2.12. The van der Waals surface area contributed by atoms with E-state index >= 15 is 0 Å². The molecule has 0 aliphatic carbocycles. The Bertz CT molecular complexity index is 299. The van der Waals surface area contributed by atoms with Crippen LogP contribution in [0.25, 0.3) is 0 Å². The molecule has 0 aliphatic rings. The molecule has 0 bridgehead atoms. The Hall–Kier alpha value is -1.58. The van der Waals surface area contributed by atoms with Crippen molar-refractivity contribution in [2.45, 2.75) is 13.3 Å². The zero-order chi connectivity index (χ0) is 9.68. The van der Waals surface area contributed by atoms with Gasteiger partial charge >= 0.3 is 5.97 Å². The molecule has 3 nitrogen and oxygen atoms in total. The molecular weight excluding hydrogens is 175 g/mol. The molecule has 1 aromatic carbocycles. The lowest BCUT2D eigenvalue weighted by atomic mass is 10.3. The van der Waals surface area contributed by atoms with Gasteiger partial charge in [-0.15, -0.1) is 0 Å². The van der Waals surface area contributed by atoms with Crippen LogP contribution in [0.2, 0.25) is 0 Å². The van der Waals surface area contributed by atoms with E-state index in [4.69, 9.17) is 0 Å². The molecule has 0 heterocycles. The third-order valence-electron chi connectivity index (χ3n) is 1.32. The highest BCUT2D eigenvalue weighted by molar-refractivity contribution is 5.68. The minimum atomic E-state index is -0.496. The summed E-state index contributed by atoms with van der Waals surface area (Å²) in [5.41, 5.74) is 0. The second kappa shape index (κ2) is 4.45. The molecule has 0 aliphatic heterocycles. The summed E-state index contributed by atoms with van der Waals surface area (Å²) in [6, 6.07) is 5.36. The summed E-state index contributed by atoms with van der Waals surface area (Å²) < 4.78 is 12.6. The maximum Gasteiger partial charge on any atom is 0.355 e. The van der Waals surface area contributed by atoms with Crippen molar-refractivity contribution in [1.29, 1.82) is 0 Å². The maximum absolute atomic E-state index is 12.6. The quantitative estimate of drug-likeness (QED) is 0.532. The summed E-state index contributed by atoms with van der Waals surface area (Å²) in [6.07, 6.45) is 0.218. The molecule has 4 heteroatoms. The van der Waals surface area contributed by atoms with Crippen LogP contribution in [0.4, 0.5) is 4.39 Å². The Morgan fingerprint density at radius 2 is 2.31 bits per heavy atom. The normalized spacial score (nSPS) is 9.38. The van der Waals surface area contributed by atoms with Gasteiger partial charge in [-0.05, 0) is 12.1 Å². The number of benzene rings is 1. The van der Waals surface area contributed by atoms with E-state index in [-0.39, 0.29) is 12.2 Å². The molecule has 13 heavy (non-hydrogen) atoms. The van der Waals surface area contributed by atoms with Gasteiger partial charge in [-0.25, -0.2) is 9.18 Å². The van der Waals surface area contributed by atoms with Gasteiger partial charge in [0.05, 0.1) is 0 Å². The van der Waals surface area contributed by atoms with Gasteiger partial charge in [0.15, 0.2) is 5.75 Å². The van der Waals surface area contributed by atoms with Crippen LogP contribution in [0.5, 0.6) is 5.75 Å². The van der Waals surface area contributed by atoms with Gasteiger partial charge in [0.25, 0.3) is 0 Å². The average molecular weight is 184 g/mol. The van der Waals surface area contributed by atoms with Gasteiger partial charge in [-0.3, -0.25) is 9.78 Å². The predicted octanol–water partition coefficient (Wildman–Crippen LogP) is 2.07. The zero-order valence-electron chi connectivity index (χ0n) is 7.12. The van der Waals surface area contributed by atoms with Gasteiger partial charge < -0.3 is 0 Å². The lowest BCUT2D eigenvalue weighted by molar-refractivity contribution is -0.213. The molecule has 1 rings (SSSR count). The standard InChI is InChI=1S/C9H9FO3/c1-2-9(11)13-12-8-5-3-4-7(10)6-8/h3-6H,2H2,1H3. The largest absolute Gasteiger partial charge is 0.355 e. The third-order valence-corrected chi connectivity index (χ3v) is 1.32. The molecule has 1 aromatic rings. The van der Waals surface area contributed by atoms with Gasteiger partial charge in [-0.2, -0.15) is 0 Å². The van der Waals surface area contributed by atoms with Gasteiger partial charge in [-0.1, -0.05) is 13.0 Å². The number of hydrogen-bond acceptors (Lipinski definition) is 3. The van der Waals surface area contributed by atoms with Crippen LogP contribution in [0.15, 0.2) is 24.3 Å². The molecule has 0 N–H and O–H groups in total. The number of carbonyl (C=O) groups excluding carboxylic acids is 1. The second-order valence-corrected chi connectivity index (χ2v) is 2.35. The van der Waals surface area contributed by atoms with Gasteiger partial charge in [0.2, 0.25) is 0 Å². The molecule has 0 saturated carbocycles. The molecule has 0 spiro atoms. The van der Waals surface area contributed by atoms with E-state index in [9.17, 15) is 9.18 Å². The monoisotopic (exact) mass is 184 g/mol. The van der Waals surface area contributed by atoms with Crippen LogP contribution in [0.3, 0.4) is 0 Å². The summed E-state index contributed by atoms with van der Waals surface area (Å²) in [7, 11) is 0. The number of halogens is 1. The van der Waals surface area contributed by atoms with Crippen LogP contribution in [0.1, 0.15) is 13.3 Å². The third kappa shape index (κ3) is 3.11. The molecule has 0 atom stereocenters. The highest BCUT2D eigenvalue weighted by atomic mass is 19.1. The maximum atomic E-state index is 12.6. The molecular formula is C9H9FO3. The Morgan fingerprint density at radius 3 is 2.92 bits per heavy atom. The van der Waals surface area contributed by atoms with Crippen molar-refractivity contribution < 1.29 is 19.0 Å². The Kier molecular flexibility index (Phi) is 3.25. The van der Waals surface area contributed by atoms with Crippen LogP contribution >= 0.6 is 0 Å². The first-order valence-corrected chi connectivity index (χ1v) is 3.85. The van der Waals surface area contributed by atoms with E-state index < -0.39 is 11.8 Å². The molecule has 0 unspecified atom stereocenters. The lowest BCUT2D eigenvalue weighted by Crippen LogP contribution is -2.05. The highest BCUT2D eigenvalue weighted by Gasteiger charge is 2.01. The predicted molar refractivity (Wildman–Crippen MR) is 43.4 cm³/mol. The number of carbonyl (C=O) groups is 1. The molecule has 0 amide bonds. The fourth-order valence-electron chi connectivity index (χ4n) is 0.672. The summed E-state index contributed by atoms with van der Waals surface area (Å²) in [4.78, 5) is 19.5. The fourth-order valence-corrected chi connectivity index (χ4v) is 0.672. The van der Waals surface area contributed by atoms with Crippen molar-refractivity contribution in [1.82, 2.24) is 0 Å². The van der Waals surface area contributed by atoms with Crippen molar-refractivity contribution in [2.75, 3.05) is 0 Å². The Balaban J connectivity index is 2.50. The van der Waals surface area contributed by atoms with Crippen LogP contribution in [0, 0.1) is 5.82 Å². The SMILES string of the molecule is CCC(=O)OOc1cccc(F)c1.